The van der Waals surface area contributed by atoms with Gasteiger partial charge in [0.2, 0.25) is 0 Å². The van der Waals surface area contributed by atoms with Gasteiger partial charge in [-0.05, 0) is 40.5 Å². The SMILES string of the molecule is CCCC(Br)CNC(=O)c1ccc(OC)c(Br)c1. The Morgan fingerprint density at radius 1 is 1.50 bits per heavy atom. The van der Waals surface area contributed by atoms with Gasteiger partial charge >= 0.3 is 0 Å². The summed E-state index contributed by atoms with van der Waals surface area (Å²) in [5.41, 5.74) is 0.624. The molecule has 0 aromatic heterocycles. The lowest BCUT2D eigenvalue weighted by Gasteiger charge is -2.11. The van der Waals surface area contributed by atoms with Gasteiger partial charge in [-0.15, -0.1) is 0 Å². The van der Waals surface area contributed by atoms with Crippen molar-refractivity contribution in [2.75, 3.05) is 13.7 Å². The van der Waals surface area contributed by atoms with Crippen LogP contribution in [0.25, 0.3) is 0 Å². The van der Waals surface area contributed by atoms with Crippen LogP contribution in [0, 0.1) is 0 Å². The van der Waals surface area contributed by atoms with Crippen molar-refractivity contribution in [2.45, 2.75) is 24.6 Å². The van der Waals surface area contributed by atoms with Crippen LogP contribution in [0.2, 0.25) is 0 Å². The van der Waals surface area contributed by atoms with Crippen molar-refractivity contribution in [3.05, 3.63) is 28.2 Å². The Kier molecular flexibility index (Phi) is 6.71. The van der Waals surface area contributed by atoms with E-state index in [1.807, 2.05) is 0 Å². The fourth-order valence-corrected chi connectivity index (χ4v) is 2.69. The standard InChI is InChI=1S/C13H17Br2NO2/c1-3-4-10(14)8-16-13(17)9-5-6-12(18-2)11(15)7-9/h5-7,10H,3-4,8H2,1-2H3,(H,16,17). The molecule has 0 heterocycles. The monoisotopic (exact) mass is 377 g/mol. The number of benzene rings is 1. The Morgan fingerprint density at radius 2 is 2.22 bits per heavy atom. The van der Waals surface area contributed by atoms with Crippen LogP contribution in [0.4, 0.5) is 0 Å². The minimum atomic E-state index is -0.0705. The first-order valence-electron chi connectivity index (χ1n) is 5.84. The molecular weight excluding hydrogens is 362 g/mol. The molecule has 18 heavy (non-hydrogen) atoms. The first-order chi connectivity index (χ1) is 8.58. The number of halogens is 2. The summed E-state index contributed by atoms with van der Waals surface area (Å²) in [6.45, 7) is 2.76. The Bertz CT molecular complexity index is 410. The smallest absolute Gasteiger partial charge is 0.251 e. The largest absolute Gasteiger partial charge is 0.496 e. The molecule has 0 spiro atoms. The average Bonchev–Trinajstić information content (AvgIpc) is 2.36. The lowest BCUT2D eigenvalue weighted by Crippen LogP contribution is -2.29. The third kappa shape index (κ3) is 4.61. The lowest BCUT2D eigenvalue weighted by atomic mass is 10.2. The van der Waals surface area contributed by atoms with Gasteiger partial charge in [-0.3, -0.25) is 4.79 Å². The highest BCUT2D eigenvalue weighted by molar-refractivity contribution is 9.10. The topological polar surface area (TPSA) is 38.3 Å². The first kappa shape index (κ1) is 15.5. The van der Waals surface area contributed by atoms with Crippen LogP contribution in [0.1, 0.15) is 30.1 Å². The molecule has 3 nitrogen and oxygen atoms in total. The molecule has 0 saturated carbocycles. The molecule has 1 N–H and O–H groups in total. The molecule has 100 valence electrons. The number of hydrogen-bond donors (Lipinski definition) is 1. The van der Waals surface area contributed by atoms with Gasteiger partial charge in [0.15, 0.2) is 0 Å². The van der Waals surface area contributed by atoms with Crippen LogP contribution in [-0.2, 0) is 0 Å². The van der Waals surface area contributed by atoms with Crippen molar-refractivity contribution in [3.8, 4) is 5.75 Å². The molecule has 1 amide bonds. The van der Waals surface area contributed by atoms with E-state index in [4.69, 9.17) is 4.74 Å². The molecule has 0 aliphatic heterocycles. The van der Waals surface area contributed by atoms with Crippen molar-refractivity contribution < 1.29 is 9.53 Å². The van der Waals surface area contributed by atoms with Crippen LogP contribution in [0.5, 0.6) is 5.75 Å². The average molecular weight is 379 g/mol. The summed E-state index contributed by atoms with van der Waals surface area (Å²) in [6.07, 6.45) is 2.15. The normalized spacial score (nSPS) is 12.0. The summed E-state index contributed by atoms with van der Waals surface area (Å²) in [5.74, 6) is 0.648. The van der Waals surface area contributed by atoms with Crippen LogP contribution < -0.4 is 10.1 Å². The van der Waals surface area contributed by atoms with E-state index in [9.17, 15) is 4.79 Å². The van der Waals surface area contributed by atoms with Gasteiger partial charge in [0.05, 0.1) is 11.6 Å². The number of carbonyl (C=O) groups excluding carboxylic acids is 1. The zero-order valence-electron chi connectivity index (χ0n) is 10.5. The summed E-state index contributed by atoms with van der Waals surface area (Å²) < 4.78 is 5.90. The highest BCUT2D eigenvalue weighted by Crippen LogP contribution is 2.25. The quantitative estimate of drug-likeness (QED) is 0.765. The van der Waals surface area contributed by atoms with E-state index < -0.39 is 0 Å². The summed E-state index contributed by atoms with van der Waals surface area (Å²) in [7, 11) is 1.60. The summed E-state index contributed by atoms with van der Waals surface area (Å²) >= 11 is 6.90. The van der Waals surface area contributed by atoms with Crippen molar-refractivity contribution >= 4 is 37.8 Å². The second-order valence-electron chi connectivity index (χ2n) is 3.95. The maximum Gasteiger partial charge on any atom is 0.251 e. The maximum absolute atomic E-state index is 11.9. The number of nitrogens with one attached hydrogen (secondary N) is 1. The number of ether oxygens (including phenoxy) is 1. The first-order valence-corrected chi connectivity index (χ1v) is 7.55. The minimum Gasteiger partial charge on any atom is -0.496 e. The Balaban J connectivity index is 2.59. The second-order valence-corrected chi connectivity index (χ2v) is 6.09. The molecule has 0 radical (unpaired) electrons. The number of rotatable bonds is 6. The Labute approximate surface area is 125 Å². The molecule has 1 rings (SSSR count). The number of alkyl halides is 1. The van der Waals surface area contributed by atoms with Crippen LogP contribution in [0.15, 0.2) is 22.7 Å². The molecule has 5 heteroatoms. The van der Waals surface area contributed by atoms with Gasteiger partial charge in [-0.1, -0.05) is 29.3 Å². The van der Waals surface area contributed by atoms with E-state index in [1.165, 1.54) is 0 Å². The highest BCUT2D eigenvalue weighted by atomic mass is 79.9. The van der Waals surface area contributed by atoms with E-state index in [0.29, 0.717) is 16.9 Å². The maximum atomic E-state index is 11.9. The summed E-state index contributed by atoms with van der Waals surface area (Å²) in [4.78, 5) is 12.2. The lowest BCUT2D eigenvalue weighted by molar-refractivity contribution is 0.0953. The minimum absolute atomic E-state index is 0.0705. The van der Waals surface area contributed by atoms with Gasteiger partial charge in [0, 0.05) is 16.9 Å². The van der Waals surface area contributed by atoms with Gasteiger partial charge in [0.1, 0.15) is 5.75 Å². The van der Waals surface area contributed by atoms with Crippen molar-refractivity contribution in [1.29, 1.82) is 0 Å². The fraction of sp³-hybridized carbons (Fsp3) is 0.462. The summed E-state index contributed by atoms with van der Waals surface area (Å²) in [6, 6.07) is 5.29. The van der Waals surface area contributed by atoms with Crippen LogP contribution in [0.3, 0.4) is 0 Å². The van der Waals surface area contributed by atoms with Gasteiger partial charge in [-0.2, -0.15) is 0 Å². The fourth-order valence-electron chi connectivity index (χ4n) is 1.53. The van der Waals surface area contributed by atoms with E-state index >= 15 is 0 Å². The molecule has 0 bridgehead atoms. The van der Waals surface area contributed by atoms with E-state index in [-0.39, 0.29) is 5.91 Å². The molecule has 1 atom stereocenters. The zero-order valence-corrected chi connectivity index (χ0v) is 13.7. The van der Waals surface area contributed by atoms with Crippen LogP contribution >= 0.6 is 31.9 Å². The van der Waals surface area contributed by atoms with Crippen molar-refractivity contribution in [2.24, 2.45) is 0 Å². The predicted octanol–water partition coefficient (Wildman–Crippen LogP) is 3.75. The van der Waals surface area contributed by atoms with E-state index in [2.05, 4.69) is 44.1 Å². The van der Waals surface area contributed by atoms with E-state index in [1.54, 1.807) is 25.3 Å². The molecule has 0 aliphatic carbocycles. The predicted molar refractivity (Wildman–Crippen MR) is 80.7 cm³/mol. The number of amides is 1. The van der Waals surface area contributed by atoms with Crippen LogP contribution in [-0.4, -0.2) is 24.4 Å². The van der Waals surface area contributed by atoms with Gasteiger partial charge in [-0.25, -0.2) is 0 Å². The highest BCUT2D eigenvalue weighted by Gasteiger charge is 2.10. The van der Waals surface area contributed by atoms with E-state index in [0.717, 1.165) is 23.1 Å². The molecule has 1 unspecified atom stereocenters. The molecule has 1 aromatic carbocycles. The molecule has 1 aromatic rings. The number of methoxy groups -OCH3 is 1. The Morgan fingerprint density at radius 3 is 2.78 bits per heavy atom. The molecule has 0 fully saturated rings. The second kappa shape index (κ2) is 7.79. The van der Waals surface area contributed by atoms with Gasteiger partial charge < -0.3 is 10.1 Å². The number of carbonyl (C=O) groups is 1. The third-order valence-electron chi connectivity index (χ3n) is 2.50. The van der Waals surface area contributed by atoms with Gasteiger partial charge in [0.25, 0.3) is 5.91 Å². The zero-order chi connectivity index (χ0) is 13.5. The number of hydrogen-bond acceptors (Lipinski definition) is 2. The Hall–Kier alpha value is -0.550. The van der Waals surface area contributed by atoms with Crippen molar-refractivity contribution in [3.63, 3.8) is 0 Å². The molecule has 0 aliphatic rings. The third-order valence-corrected chi connectivity index (χ3v) is 3.90. The van der Waals surface area contributed by atoms with Crippen molar-refractivity contribution in [1.82, 2.24) is 5.32 Å². The summed E-state index contributed by atoms with van der Waals surface area (Å²) in [5, 5.41) is 2.90. The molecule has 0 saturated heterocycles. The molecular formula is C13H17Br2NO2.